The molecule has 1 N–H and O–H groups in total. The zero-order valence-electron chi connectivity index (χ0n) is 5.87. The van der Waals surface area contributed by atoms with Gasteiger partial charge in [0.1, 0.15) is 12.5 Å². The Morgan fingerprint density at radius 2 is 1.80 bits per heavy atom. The van der Waals surface area contributed by atoms with Crippen molar-refractivity contribution in [2.24, 2.45) is 0 Å². The van der Waals surface area contributed by atoms with E-state index in [1.807, 2.05) is 31.9 Å². The second-order valence-electron chi connectivity index (χ2n) is 1.79. The molecule has 0 aromatic heterocycles. The first-order valence-electron chi connectivity index (χ1n) is 2.84. The SMILES string of the molecule is C=O.Cc1ccccc1O. The zero-order valence-corrected chi connectivity index (χ0v) is 5.87. The van der Waals surface area contributed by atoms with Crippen LogP contribution in [0.2, 0.25) is 0 Å². The minimum absolute atomic E-state index is 0.368. The van der Waals surface area contributed by atoms with Gasteiger partial charge in [-0.1, -0.05) is 18.2 Å². The maximum Gasteiger partial charge on any atom is 0.118 e. The summed E-state index contributed by atoms with van der Waals surface area (Å²) in [6.45, 7) is 3.87. The minimum Gasteiger partial charge on any atom is -0.508 e. The number of benzene rings is 1. The Bertz CT molecular complexity index is 175. The number of carbonyl (C=O) groups is 1. The van der Waals surface area contributed by atoms with Crippen LogP contribution >= 0.6 is 0 Å². The summed E-state index contributed by atoms with van der Waals surface area (Å²) in [6.07, 6.45) is 0. The number of para-hydroxylation sites is 1. The monoisotopic (exact) mass is 138 g/mol. The Morgan fingerprint density at radius 1 is 1.30 bits per heavy atom. The highest BCUT2D eigenvalue weighted by Gasteiger charge is 1.86. The third kappa shape index (κ3) is 2.31. The van der Waals surface area contributed by atoms with Crippen LogP contribution in [0.4, 0.5) is 0 Å². The minimum atomic E-state index is 0.368. The van der Waals surface area contributed by atoms with Crippen molar-refractivity contribution in [2.75, 3.05) is 0 Å². The fraction of sp³-hybridized carbons (Fsp3) is 0.125. The molecule has 0 aliphatic carbocycles. The largest absolute Gasteiger partial charge is 0.508 e. The molecule has 2 heteroatoms. The zero-order chi connectivity index (χ0) is 7.98. The molecule has 0 aliphatic heterocycles. The molecule has 54 valence electrons. The fourth-order valence-corrected chi connectivity index (χ4v) is 0.563. The summed E-state index contributed by atoms with van der Waals surface area (Å²) >= 11 is 0. The number of carbonyl (C=O) groups excluding carboxylic acids is 1. The van der Waals surface area contributed by atoms with Crippen molar-refractivity contribution in [3.8, 4) is 5.75 Å². The van der Waals surface area contributed by atoms with E-state index in [1.54, 1.807) is 6.07 Å². The van der Waals surface area contributed by atoms with Gasteiger partial charge in [0.25, 0.3) is 0 Å². The molecule has 0 aliphatic rings. The maximum absolute atomic E-state index is 8.92. The second kappa shape index (κ2) is 4.56. The van der Waals surface area contributed by atoms with Crippen molar-refractivity contribution in [2.45, 2.75) is 6.92 Å². The molecule has 1 aromatic rings. The normalized spacial score (nSPS) is 7.70. The molecule has 0 bridgehead atoms. The Labute approximate surface area is 60.1 Å². The molecular weight excluding hydrogens is 128 g/mol. The van der Waals surface area contributed by atoms with E-state index in [1.165, 1.54) is 0 Å². The van der Waals surface area contributed by atoms with Gasteiger partial charge in [-0.05, 0) is 18.6 Å². The first-order valence-corrected chi connectivity index (χ1v) is 2.84. The van der Waals surface area contributed by atoms with Gasteiger partial charge in [-0.25, -0.2) is 0 Å². The van der Waals surface area contributed by atoms with Gasteiger partial charge >= 0.3 is 0 Å². The highest BCUT2D eigenvalue weighted by molar-refractivity contribution is 5.29. The number of phenolic OH excluding ortho intramolecular Hbond substituents is 1. The molecule has 0 radical (unpaired) electrons. The molecule has 0 heterocycles. The summed E-state index contributed by atoms with van der Waals surface area (Å²) in [6, 6.07) is 7.25. The Balaban J connectivity index is 0.000000371. The summed E-state index contributed by atoms with van der Waals surface area (Å²) in [5.74, 6) is 0.368. The van der Waals surface area contributed by atoms with Crippen molar-refractivity contribution in [3.63, 3.8) is 0 Å². The molecule has 10 heavy (non-hydrogen) atoms. The van der Waals surface area contributed by atoms with Gasteiger partial charge in [0.05, 0.1) is 0 Å². The van der Waals surface area contributed by atoms with Crippen LogP contribution in [0.3, 0.4) is 0 Å². The number of phenols is 1. The topological polar surface area (TPSA) is 37.3 Å². The molecule has 0 saturated heterocycles. The van der Waals surface area contributed by atoms with Crippen LogP contribution in [-0.2, 0) is 4.79 Å². The van der Waals surface area contributed by atoms with Crippen LogP contribution in [-0.4, -0.2) is 11.9 Å². The van der Waals surface area contributed by atoms with Crippen molar-refractivity contribution in [1.29, 1.82) is 0 Å². The van der Waals surface area contributed by atoms with E-state index in [-0.39, 0.29) is 0 Å². The molecule has 0 saturated carbocycles. The molecule has 0 unspecified atom stereocenters. The Hall–Kier alpha value is -1.31. The number of hydrogen-bond acceptors (Lipinski definition) is 2. The maximum atomic E-state index is 8.92. The van der Waals surface area contributed by atoms with Crippen molar-refractivity contribution >= 4 is 6.79 Å². The van der Waals surface area contributed by atoms with Gasteiger partial charge in [-0.3, -0.25) is 0 Å². The Morgan fingerprint density at radius 3 is 2.10 bits per heavy atom. The first kappa shape index (κ1) is 8.69. The average Bonchev–Trinajstić information content (AvgIpc) is 2.00. The van der Waals surface area contributed by atoms with E-state index >= 15 is 0 Å². The van der Waals surface area contributed by atoms with Gasteiger partial charge in [0, 0.05) is 0 Å². The highest BCUT2D eigenvalue weighted by Crippen LogP contribution is 2.12. The van der Waals surface area contributed by atoms with E-state index in [4.69, 9.17) is 9.90 Å². The number of aryl methyl sites for hydroxylation is 1. The van der Waals surface area contributed by atoms with E-state index in [0.29, 0.717) is 5.75 Å². The van der Waals surface area contributed by atoms with Crippen molar-refractivity contribution in [1.82, 2.24) is 0 Å². The lowest BCUT2D eigenvalue weighted by Crippen LogP contribution is -1.68. The van der Waals surface area contributed by atoms with Crippen molar-refractivity contribution in [3.05, 3.63) is 29.8 Å². The van der Waals surface area contributed by atoms with Crippen LogP contribution in [0, 0.1) is 6.92 Å². The summed E-state index contributed by atoms with van der Waals surface area (Å²) in [5.41, 5.74) is 0.924. The second-order valence-corrected chi connectivity index (χ2v) is 1.79. The molecular formula is C8H10O2. The lowest BCUT2D eigenvalue weighted by molar-refractivity contribution is -0.0979. The van der Waals surface area contributed by atoms with E-state index in [0.717, 1.165) is 5.56 Å². The molecule has 1 aromatic carbocycles. The van der Waals surface area contributed by atoms with Crippen LogP contribution in [0.25, 0.3) is 0 Å². The predicted octanol–water partition coefficient (Wildman–Crippen LogP) is 1.52. The summed E-state index contributed by atoms with van der Waals surface area (Å²) in [5, 5.41) is 8.92. The van der Waals surface area contributed by atoms with E-state index in [2.05, 4.69) is 0 Å². The third-order valence-electron chi connectivity index (χ3n) is 1.12. The molecule has 2 nitrogen and oxygen atoms in total. The first-order chi connectivity index (χ1) is 4.80. The Kier molecular flexibility index (Phi) is 3.96. The van der Waals surface area contributed by atoms with Gasteiger partial charge in [-0.15, -0.1) is 0 Å². The molecule has 0 spiro atoms. The van der Waals surface area contributed by atoms with Gasteiger partial charge in [0.15, 0.2) is 0 Å². The standard InChI is InChI=1S/C7H8O.CH2O/c1-6-4-2-3-5-7(6)8;1-2/h2-5,8H,1H3;1H2. The molecule has 1 rings (SSSR count). The van der Waals surface area contributed by atoms with Gasteiger partial charge in [0.2, 0.25) is 0 Å². The smallest absolute Gasteiger partial charge is 0.118 e. The number of hydrogen-bond donors (Lipinski definition) is 1. The van der Waals surface area contributed by atoms with Crippen LogP contribution in [0.5, 0.6) is 5.75 Å². The summed E-state index contributed by atoms with van der Waals surface area (Å²) in [4.78, 5) is 8.00. The van der Waals surface area contributed by atoms with Crippen LogP contribution in [0.15, 0.2) is 24.3 Å². The van der Waals surface area contributed by atoms with E-state index in [9.17, 15) is 0 Å². The average molecular weight is 138 g/mol. The third-order valence-corrected chi connectivity index (χ3v) is 1.12. The highest BCUT2D eigenvalue weighted by atomic mass is 16.3. The van der Waals surface area contributed by atoms with Gasteiger partial charge in [-0.2, -0.15) is 0 Å². The molecule has 0 fully saturated rings. The molecule has 0 amide bonds. The predicted molar refractivity (Wildman–Crippen MR) is 40.0 cm³/mol. The molecule has 0 atom stereocenters. The fourth-order valence-electron chi connectivity index (χ4n) is 0.563. The lowest BCUT2D eigenvalue weighted by atomic mass is 10.2. The van der Waals surface area contributed by atoms with E-state index < -0.39 is 0 Å². The summed E-state index contributed by atoms with van der Waals surface area (Å²) < 4.78 is 0. The number of aromatic hydroxyl groups is 1. The van der Waals surface area contributed by atoms with Crippen LogP contribution < -0.4 is 0 Å². The van der Waals surface area contributed by atoms with Crippen LogP contribution in [0.1, 0.15) is 5.56 Å². The number of rotatable bonds is 0. The van der Waals surface area contributed by atoms with Gasteiger partial charge < -0.3 is 9.90 Å². The van der Waals surface area contributed by atoms with Crippen molar-refractivity contribution < 1.29 is 9.90 Å². The summed E-state index contributed by atoms with van der Waals surface area (Å²) in [7, 11) is 0. The quantitative estimate of drug-likeness (QED) is 0.590. The lowest BCUT2D eigenvalue weighted by Gasteiger charge is -1.92.